The van der Waals surface area contributed by atoms with Gasteiger partial charge in [0.1, 0.15) is 0 Å². The third-order valence-electron chi connectivity index (χ3n) is 0. The van der Waals surface area contributed by atoms with Gasteiger partial charge in [-0.15, -0.1) is 0 Å². The Balaban J connectivity index is 0. The Kier molecular flexibility index (Phi) is 587. The van der Waals surface area contributed by atoms with Crippen LogP contribution in [0.4, 0.5) is 0 Å². The second-order valence-electron chi connectivity index (χ2n) is 0. The summed E-state index contributed by atoms with van der Waals surface area (Å²) in [7, 11) is 0. The zero-order valence-electron chi connectivity index (χ0n) is 2.45. The number of hydrogen-bond donors (Lipinski definition) is 0. The van der Waals surface area contributed by atoms with Crippen LogP contribution in [0, 0.1) is 0 Å². The first-order valence-electron chi connectivity index (χ1n) is 0. The van der Waals surface area contributed by atoms with Crippen LogP contribution in [0.15, 0.2) is 0 Å². The van der Waals surface area contributed by atoms with Gasteiger partial charge in [-0.2, -0.15) is 0 Å². The molecule has 0 nitrogen and oxygen atoms in total. The van der Waals surface area contributed by atoms with Crippen molar-refractivity contribution in [3.8, 4) is 0 Å². The van der Waals surface area contributed by atoms with Crippen molar-refractivity contribution in [1.82, 2.24) is 0 Å². The van der Waals surface area contributed by atoms with Crippen molar-refractivity contribution in [3.05, 3.63) is 0 Å². The third-order valence-corrected chi connectivity index (χ3v) is 0. The van der Waals surface area contributed by atoms with Gasteiger partial charge in [0.05, 0.1) is 0 Å². The van der Waals surface area contributed by atoms with E-state index in [4.69, 9.17) is 0 Å². The predicted molar refractivity (Wildman–Crippen MR) is 12.5 cm³/mol. The molecule has 0 aromatic heterocycles. The second kappa shape index (κ2) is 41.4. The average Bonchev–Trinajstić information content (AvgIpc) is 0. The van der Waals surface area contributed by atoms with Gasteiger partial charge in [0.25, 0.3) is 0 Å². The normalized spacial score (nSPS) is 0. The van der Waals surface area contributed by atoms with Crippen molar-refractivity contribution >= 4 is 9.90 Å². The average molecular weight is 200 g/mol. The molecule has 0 aromatic rings. The number of rotatable bonds is 0. The third kappa shape index (κ3) is 25.9. The summed E-state index contributed by atoms with van der Waals surface area (Å²) >= 11 is 0. The first-order valence-corrected chi connectivity index (χ1v) is 0. The molecular formula is H4Cl3NiP. The van der Waals surface area contributed by atoms with E-state index in [-0.39, 0.29) is 63.6 Å². The Morgan fingerprint density at radius 1 is 0.600 bits per heavy atom. The SMILES string of the molecule is [Cl-].[Cl-].[Cl-].[Ni+2].[PH4+]. The van der Waals surface area contributed by atoms with Crippen molar-refractivity contribution in [2.45, 2.75) is 0 Å². The van der Waals surface area contributed by atoms with E-state index in [1.807, 2.05) is 0 Å². The van der Waals surface area contributed by atoms with Gasteiger partial charge in [0.2, 0.25) is 0 Å². The molecule has 5 heteroatoms. The Hall–Kier alpha value is 1.79. The second-order valence-corrected chi connectivity index (χ2v) is 0. The monoisotopic (exact) mass is 198 g/mol. The van der Waals surface area contributed by atoms with Gasteiger partial charge in [-0.05, 0) is 9.90 Å². The van der Waals surface area contributed by atoms with E-state index >= 15 is 0 Å². The van der Waals surface area contributed by atoms with E-state index in [1.54, 1.807) is 0 Å². The maximum Gasteiger partial charge on any atom is 2.00 e. The van der Waals surface area contributed by atoms with Gasteiger partial charge in [-0.1, -0.05) is 0 Å². The molecule has 0 rings (SSSR count). The van der Waals surface area contributed by atoms with Crippen molar-refractivity contribution in [3.63, 3.8) is 0 Å². The molecule has 0 aromatic carbocycles. The van der Waals surface area contributed by atoms with Gasteiger partial charge in [-0.3, -0.25) is 0 Å². The van der Waals surface area contributed by atoms with Crippen molar-refractivity contribution in [1.29, 1.82) is 0 Å². The van der Waals surface area contributed by atoms with Gasteiger partial charge in [-0.25, -0.2) is 0 Å². The molecule has 0 saturated carbocycles. The molecule has 5 heavy (non-hydrogen) atoms. The summed E-state index contributed by atoms with van der Waals surface area (Å²) in [4.78, 5) is 0. The standard InChI is InChI=1S/3ClH.Ni.H3P/h3*1H;;1H3/q;;;+2;/p-2. The van der Waals surface area contributed by atoms with Crippen LogP contribution in [0.5, 0.6) is 0 Å². The maximum atomic E-state index is 0. The molecule has 0 aliphatic carbocycles. The summed E-state index contributed by atoms with van der Waals surface area (Å²) in [6, 6.07) is 0. The van der Waals surface area contributed by atoms with E-state index in [2.05, 4.69) is 0 Å². The minimum atomic E-state index is 0. The first-order chi connectivity index (χ1) is 0. The molecule has 0 bridgehead atoms. The molecule has 0 amide bonds. The fourth-order valence-corrected chi connectivity index (χ4v) is 0. The van der Waals surface area contributed by atoms with Crippen molar-refractivity contribution < 1.29 is 53.7 Å². The van der Waals surface area contributed by atoms with Crippen LogP contribution >= 0.6 is 9.90 Å². The molecule has 0 N–H and O–H groups in total. The first kappa shape index (κ1) is 70.9. The topological polar surface area (TPSA) is 0 Å². The van der Waals surface area contributed by atoms with Crippen LogP contribution in [0.3, 0.4) is 0 Å². The molecule has 0 saturated heterocycles. The smallest absolute Gasteiger partial charge is 1.00 e. The van der Waals surface area contributed by atoms with Crippen LogP contribution in [0.2, 0.25) is 0 Å². The molecule has 0 heterocycles. The Labute approximate surface area is 63.6 Å². The van der Waals surface area contributed by atoms with Crippen molar-refractivity contribution in [2.24, 2.45) is 0 Å². The molecule has 1 unspecified atom stereocenters. The van der Waals surface area contributed by atoms with Gasteiger partial charge in [0, 0.05) is 0 Å². The Morgan fingerprint density at radius 3 is 0.600 bits per heavy atom. The predicted octanol–water partition coefficient (Wildman–Crippen LogP) is -9.20. The van der Waals surface area contributed by atoms with E-state index in [1.165, 1.54) is 0 Å². The Morgan fingerprint density at radius 2 is 0.600 bits per heavy atom. The van der Waals surface area contributed by atoms with E-state index in [9.17, 15) is 0 Å². The fourth-order valence-electron chi connectivity index (χ4n) is 0. The minimum Gasteiger partial charge on any atom is -1.00 e. The van der Waals surface area contributed by atoms with Gasteiger partial charge in [0.15, 0.2) is 0 Å². The fraction of sp³-hybridized carbons (Fsp3) is 0. The van der Waals surface area contributed by atoms with Gasteiger partial charge < -0.3 is 37.2 Å². The molecule has 1 atom stereocenters. The summed E-state index contributed by atoms with van der Waals surface area (Å²) in [6.07, 6.45) is 0. The molecule has 40 valence electrons. The van der Waals surface area contributed by atoms with Crippen LogP contribution in [0.1, 0.15) is 0 Å². The van der Waals surface area contributed by atoms with Gasteiger partial charge >= 0.3 is 16.5 Å². The summed E-state index contributed by atoms with van der Waals surface area (Å²) in [6.45, 7) is 0. The van der Waals surface area contributed by atoms with Crippen LogP contribution < -0.4 is 37.2 Å². The summed E-state index contributed by atoms with van der Waals surface area (Å²) < 4.78 is 0. The summed E-state index contributed by atoms with van der Waals surface area (Å²) in [5.41, 5.74) is 0. The summed E-state index contributed by atoms with van der Waals surface area (Å²) in [5.74, 6) is 0. The van der Waals surface area contributed by atoms with Crippen LogP contribution in [-0.4, -0.2) is 0 Å². The van der Waals surface area contributed by atoms with Crippen LogP contribution in [0.25, 0.3) is 0 Å². The molecule has 0 spiro atoms. The Bertz CT molecular complexity index is 6.85. The molecule has 0 aliphatic rings. The van der Waals surface area contributed by atoms with E-state index < -0.39 is 0 Å². The van der Waals surface area contributed by atoms with E-state index in [0.717, 1.165) is 0 Å². The number of hydrogen-bond acceptors (Lipinski definition) is 0. The largest absolute Gasteiger partial charge is 2.00 e. The molecule has 0 aliphatic heterocycles. The molecular weight excluding hydrogens is 196 g/mol. The number of halogens is 3. The maximum absolute atomic E-state index is 0. The van der Waals surface area contributed by atoms with Crippen LogP contribution in [-0.2, 0) is 16.5 Å². The van der Waals surface area contributed by atoms with Crippen molar-refractivity contribution in [2.75, 3.05) is 0 Å². The van der Waals surface area contributed by atoms with E-state index in [0.29, 0.717) is 0 Å². The zero-order valence-corrected chi connectivity index (χ0v) is 7.71. The minimum absolute atomic E-state index is 0. The quantitative estimate of drug-likeness (QED) is 0.269. The zero-order chi connectivity index (χ0) is 0. The molecule has 0 fully saturated rings. The molecule has 0 radical (unpaired) electrons. The summed E-state index contributed by atoms with van der Waals surface area (Å²) in [5, 5.41) is 0.